The molecule has 29 heavy (non-hydrogen) atoms. The summed E-state index contributed by atoms with van der Waals surface area (Å²) in [5.74, 6) is 3.51. The Labute approximate surface area is 176 Å². The van der Waals surface area contributed by atoms with Crippen LogP contribution in [0.3, 0.4) is 0 Å². The van der Waals surface area contributed by atoms with Crippen molar-refractivity contribution in [3.05, 3.63) is 0 Å². The summed E-state index contributed by atoms with van der Waals surface area (Å²) in [5, 5.41) is 4.73. The first kappa shape index (κ1) is 20.0. The van der Waals surface area contributed by atoms with Crippen LogP contribution in [0.25, 0.3) is 0 Å². The summed E-state index contributed by atoms with van der Waals surface area (Å²) in [6, 6.07) is 0. The maximum atomic E-state index is 12.7. The molecular formula is C25H40N2O2. The zero-order chi connectivity index (χ0) is 20.7. The Kier molecular flexibility index (Phi) is 4.36. The quantitative estimate of drug-likeness (QED) is 0.670. The minimum atomic E-state index is -0.385. The van der Waals surface area contributed by atoms with Crippen LogP contribution < -0.4 is 5.73 Å². The maximum Gasteiger partial charge on any atom is 0.144 e. The number of fused-ring (bicyclic) bond motifs is 6. The first-order valence-corrected chi connectivity index (χ1v) is 12.2. The highest BCUT2D eigenvalue weighted by Crippen LogP contribution is 2.72. The highest BCUT2D eigenvalue weighted by Gasteiger charge is 2.67. The molecule has 0 amide bonds. The van der Waals surface area contributed by atoms with E-state index < -0.39 is 0 Å². The Hall–Kier alpha value is -0.900. The molecule has 5 saturated carbocycles. The van der Waals surface area contributed by atoms with E-state index >= 15 is 0 Å². The standard InChI is InChI=1S/C25H40N2O2/c1-22(2,15-26)29-27-20-10-12-23(3)18-9-11-24(4)17(6-8-21(24)28)16(18)5-7-19(23)25(20)13-14-25/h16-19H,5-15,26H2,1-4H3/b27-20+/t16-,17-,18-,19?,23+,24-/m0/s1. The largest absolute Gasteiger partial charge is 0.389 e. The lowest BCUT2D eigenvalue weighted by molar-refractivity contribution is -0.139. The average Bonchev–Trinajstić information content (AvgIpc) is 3.40. The summed E-state index contributed by atoms with van der Waals surface area (Å²) in [6.45, 7) is 9.44. The number of nitrogens with two attached hydrogens (primary N) is 1. The van der Waals surface area contributed by atoms with Crippen LogP contribution in [-0.4, -0.2) is 23.6 Å². The van der Waals surface area contributed by atoms with E-state index in [2.05, 4.69) is 13.8 Å². The van der Waals surface area contributed by atoms with Gasteiger partial charge in [0, 0.05) is 23.8 Å². The molecule has 162 valence electrons. The number of Topliss-reactive ketones (excluding diaryl/α,β-unsaturated/α-hetero) is 1. The minimum Gasteiger partial charge on any atom is -0.389 e. The molecule has 6 atom stereocenters. The zero-order valence-electron chi connectivity index (χ0n) is 18.9. The SMILES string of the molecule is CC(C)(CN)O/N=C1\CC[C@@]2(C)C(CC[C@@H]3[C@@H]2CC[C@]2(C)C(=O)CC[C@@H]32)C12CC2. The number of carbonyl (C=O) groups excluding carboxylic acids is 1. The molecule has 5 aliphatic rings. The van der Waals surface area contributed by atoms with Crippen molar-refractivity contribution >= 4 is 11.5 Å². The molecule has 0 aliphatic heterocycles. The summed E-state index contributed by atoms with van der Waals surface area (Å²) in [5.41, 5.74) is 7.50. The van der Waals surface area contributed by atoms with Gasteiger partial charge in [-0.05, 0) is 101 Å². The predicted molar refractivity (Wildman–Crippen MR) is 115 cm³/mol. The normalized spacial score (nSPS) is 46.9. The molecule has 0 bridgehead atoms. The highest BCUT2D eigenvalue weighted by molar-refractivity contribution is 5.93. The molecule has 0 aromatic carbocycles. The fraction of sp³-hybridized carbons (Fsp3) is 0.920. The number of rotatable bonds is 3. The van der Waals surface area contributed by atoms with Crippen LogP contribution in [0.1, 0.15) is 91.9 Å². The molecule has 0 heterocycles. The minimum absolute atomic E-state index is 0.00936. The van der Waals surface area contributed by atoms with Crippen molar-refractivity contribution < 1.29 is 9.63 Å². The van der Waals surface area contributed by atoms with Crippen molar-refractivity contribution in [3.8, 4) is 0 Å². The van der Waals surface area contributed by atoms with Gasteiger partial charge in [-0.25, -0.2) is 0 Å². The molecule has 4 heteroatoms. The van der Waals surface area contributed by atoms with Gasteiger partial charge in [0.15, 0.2) is 0 Å². The maximum absolute atomic E-state index is 12.7. The van der Waals surface area contributed by atoms with Gasteiger partial charge in [0.2, 0.25) is 0 Å². The topological polar surface area (TPSA) is 64.7 Å². The lowest BCUT2D eigenvalue weighted by Crippen LogP contribution is -2.56. The van der Waals surface area contributed by atoms with Crippen LogP contribution in [0.15, 0.2) is 5.16 Å². The van der Waals surface area contributed by atoms with Gasteiger partial charge in [-0.1, -0.05) is 19.0 Å². The van der Waals surface area contributed by atoms with Crippen LogP contribution in [0, 0.1) is 39.9 Å². The van der Waals surface area contributed by atoms with E-state index in [-0.39, 0.29) is 11.0 Å². The van der Waals surface area contributed by atoms with E-state index in [0.717, 1.165) is 43.4 Å². The van der Waals surface area contributed by atoms with Gasteiger partial charge < -0.3 is 10.6 Å². The zero-order valence-corrected chi connectivity index (χ0v) is 18.9. The number of hydrogen-bond acceptors (Lipinski definition) is 4. The van der Waals surface area contributed by atoms with Crippen molar-refractivity contribution in [2.45, 2.75) is 97.5 Å². The molecule has 0 saturated heterocycles. The van der Waals surface area contributed by atoms with Crippen molar-refractivity contribution in [1.82, 2.24) is 0 Å². The van der Waals surface area contributed by atoms with Gasteiger partial charge in [0.25, 0.3) is 0 Å². The van der Waals surface area contributed by atoms with Gasteiger partial charge in [-0.3, -0.25) is 4.79 Å². The molecule has 0 radical (unpaired) electrons. The monoisotopic (exact) mass is 400 g/mol. The first-order valence-electron chi connectivity index (χ1n) is 12.2. The second kappa shape index (κ2) is 6.31. The summed E-state index contributed by atoms with van der Waals surface area (Å²) < 4.78 is 0. The lowest BCUT2D eigenvalue weighted by Gasteiger charge is -2.61. The van der Waals surface area contributed by atoms with E-state index in [0.29, 0.717) is 29.1 Å². The van der Waals surface area contributed by atoms with Crippen molar-refractivity contribution in [3.63, 3.8) is 0 Å². The van der Waals surface area contributed by atoms with Crippen molar-refractivity contribution in [2.24, 2.45) is 50.8 Å². The third-order valence-electron chi connectivity index (χ3n) is 10.4. The number of nitrogens with zero attached hydrogens (tertiary/aromatic N) is 1. The van der Waals surface area contributed by atoms with Crippen LogP contribution >= 0.6 is 0 Å². The van der Waals surface area contributed by atoms with E-state index in [1.54, 1.807) is 0 Å². The van der Waals surface area contributed by atoms with E-state index in [1.807, 2.05) is 13.8 Å². The van der Waals surface area contributed by atoms with Crippen LogP contribution in [0.5, 0.6) is 0 Å². The van der Waals surface area contributed by atoms with Gasteiger partial charge in [0.1, 0.15) is 11.4 Å². The molecule has 0 aromatic heterocycles. The smallest absolute Gasteiger partial charge is 0.144 e. The molecule has 4 nitrogen and oxygen atoms in total. The Balaban J connectivity index is 1.41. The Morgan fingerprint density at radius 2 is 1.79 bits per heavy atom. The van der Waals surface area contributed by atoms with Gasteiger partial charge >= 0.3 is 0 Å². The Morgan fingerprint density at radius 3 is 2.48 bits per heavy atom. The highest BCUT2D eigenvalue weighted by atomic mass is 16.6. The van der Waals surface area contributed by atoms with E-state index in [9.17, 15) is 4.79 Å². The Bertz CT molecular complexity index is 739. The molecule has 5 rings (SSSR count). The first-order chi connectivity index (χ1) is 13.7. The second-order valence-corrected chi connectivity index (χ2v) is 12.2. The molecule has 1 spiro atoms. The molecule has 1 unspecified atom stereocenters. The van der Waals surface area contributed by atoms with Crippen LogP contribution in [0.2, 0.25) is 0 Å². The van der Waals surface area contributed by atoms with Crippen molar-refractivity contribution in [2.75, 3.05) is 6.54 Å². The second-order valence-electron chi connectivity index (χ2n) is 12.2. The Morgan fingerprint density at radius 1 is 1.03 bits per heavy atom. The molecule has 5 aliphatic carbocycles. The molecule has 0 aromatic rings. The van der Waals surface area contributed by atoms with Gasteiger partial charge in [-0.2, -0.15) is 0 Å². The number of oxime groups is 1. The summed E-state index contributed by atoms with van der Waals surface area (Å²) in [6.07, 6.45) is 11.9. The summed E-state index contributed by atoms with van der Waals surface area (Å²) in [4.78, 5) is 18.6. The van der Waals surface area contributed by atoms with Crippen molar-refractivity contribution in [1.29, 1.82) is 0 Å². The number of carbonyl (C=O) groups is 1. The van der Waals surface area contributed by atoms with Crippen LogP contribution in [0.4, 0.5) is 0 Å². The van der Waals surface area contributed by atoms with E-state index in [1.165, 1.54) is 44.2 Å². The molecular weight excluding hydrogens is 360 g/mol. The summed E-state index contributed by atoms with van der Waals surface area (Å²) >= 11 is 0. The third kappa shape index (κ3) is 2.73. The lowest BCUT2D eigenvalue weighted by atomic mass is 9.43. The van der Waals surface area contributed by atoms with E-state index in [4.69, 9.17) is 15.7 Å². The fourth-order valence-corrected chi connectivity index (χ4v) is 8.46. The summed E-state index contributed by atoms with van der Waals surface area (Å²) in [7, 11) is 0. The molecule has 2 N–H and O–H groups in total. The third-order valence-corrected chi connectivity index (χ3v) is 10.4. The number of ketones is 1. The number of hydrogen-bond donors (Lipinski definition) is 1. The van der Waals surface area contributed by atoms with Gasteiger partial charge in [0.05, 0.1) is 5.71 Å². The fourth-order valence-electron chi connectivity index (χ4n) is 8.46. The predicted octanol–water partition coefficient (Wildman–Crippen LogP) is 5.10. The van der Waals surface area contributed by atoms with Crippen LogP contribution in [-0.2, 0) is 9.63 Å². The average molecular weight is 401 g/mol. The molecule has 5 fully saturated rings. The van der Waals surface area contributed by atoms with Gasteiger partial charge in [-0.15, -0.1) is 0 Å².